The monoisotopic (exact) mass is 460 g/mol. The third-order valence-electron chi connectivity index (χ3n) is 7.23. The summed E-state index contributed by atoms with van der Waals surface area (Å²) >= 11 is 0. The summed E-state index contributed by atoms with van der Waals surface area (Å²) in [4.78, 5) is 9.71. The first-order chi connectivity index (χ1) is 17.0. The Hall–Kier alpha value is -3.52. The van der Waals surface area contributed by atoms with E-state index < -0.39 is 0 Å². The summed E-state index contributed by atoms with van der Waals surface area (Å²) in [5, 5.41) is 10.2. The van der Waals surface area contributed by atoms with Crippen molar-refractivity contribution in [2.75, 3.05) is 19.8 Å². The van der Waals surface area contributed by atoms with Crippen LogP contribution in [0.15, 0.2) is 85.1 Å². The maximum absolute atomic E-state index is 9.02. The van der Waals surface area contributed by atoms with Gasteiger partial charge in [-0.3, -0.25) is 14.8 Å². The van der Waals surface area contributed by atoms with Crippen LogP contribution < -0.4 is 0 Å². The molecule has 0 atom stereocenters. The summed E-state index contributed by atoms with van der Waals surface area (Å²) < 4.78 is 0. The van der Waals surface area contributed by atoms with Crippen molar-refractivity contribution < 1.29 is 0 Å². The van der Waals surface area contributed by atoms with Gasteiger partial charge in [0.25, 0.3) is 0 Å². The van der Waals surface area contributed by atoms with Gasteiger partial charge in [0.05, 0.1) is 23.8 Å². The van der Waals surface area contributed by atoms with Crippen LogP contribution in [0.3, 0.4) is 0 Å². The van der Waals surface area contributed by atoms with E-state index in [1.807, 2.05) is 24.4 Å². The average molecular weight is 461 g/mol. The second-order valence-electron chi connectivity index (χ2n) is 10.1. The van der Waals surface area contributed by atoms with Gasteiger partial charge in [-0.15, -0.1) is 0 Å². The quantitative estimate of drug-likeness (QED) is 0.349. The molecule has 0 aliphatic carbocycles. The molecule has 3 aromatic carbocycles. The summed E-state index contributed by atoms with van der Waals surface area (Å²) in [5.41, 5.74) is 6.85. The van der Waals surface area contributed by atoms with Gasteiger partial charge in [-0.25, -0.2) is 0 Å². The fourth-order valence-electron chi connectivity index (χ4n) is 5.19. The third kappa shape index (κ3) is 5.12. The fourth-order valence-corrected chi connectivity index (χ4v) is 5.19. The maximum atomic E-state index is 9.02. The number of hydrogen-bond donors (Lipinski definition) is 0. The Bertz CT molecular complexity index is 1330. The van der Waals surface area contributed by atoms with E-state index in [2.05, 4.69) is 95.4 Å². The van der Waals surface area contributed by atoms with Crippen LogP contribution >= 0.6 is 0 Å². The number of benzene rings is 3. The predicted molar refractivity (Wildman–Crippen MR) is 142 cm³/mol. The Morgan fingerprint density at radius 3 is 2.11 bits per heavy atom. The zero-order valence-electron chi connectivity index (χ0n) is 20.6. The van der Waals surface area contributed by atoms with Crippen LogP contribution in [0.25, 0.3) is 10.9 Å². The molecule has 4 nitrogen and oxygen atoms in total. The number of rotatable bonds is 6. The highest BCUT2D eigenvalue weighted by Crippen LogP contribution is 2.35. The van der Waals surface area contributed by atoms with Crippen molar-refractivity contribution in [1.29, 1.82) is 5.26 Å². The van der Waals surface area contributed by atoms with Crippen molar-refractivity contribution in [3.05, 3.63) is 113 Å². The Labute approximate surface area is 208 Å². The van der Waals surface area contributed by atoms with E-state index >= 15 is 0 Å². The number of nitrogens with zero attached hydrogens (tertiary/aromatic N) is 4. The number of aromatic nitrogens is 1. The van der Waals surface area contributed by atoms with Gasteiger partial charge in [-0.05, 0) is 46.9 Å². The van der Waals surface area contributed by atoms with Gasteiger partial charge in [0.2, 0.25) is 0 Å². The van der Waals surface area contributed by atoms with Gasteiger partial charge in [-0.1, -0.05) is 74.5 Å². The first-order valence-corrected chi connectivity index (χ1v) is 12.4. The fraction of sp³-hybridized carbons (Fsp3) is 0.290. The second kappa shape index (κ2) is 10.00. The van der Waals surface area contributed by atoms with Crippen LogP contribution in [0.5, 0.6) is 0 Å². The lowest BCUT2D eigenvalue weighted by atomic mass is 9.77. The maximum Gasteiger partial charge on any atom is 0.0991 e. The van der Waals surface area contributed by atoms with Gasteiger partial charge in [0.15, 0.2) is 0 Å². The minimum atomic E-state index is -0.130. The SMILES string of the molecule is CC(C)(c1ccc(CN2CCCN(Cc3ccc(C#N)cc3)C2)cc1)c1cccc2cccnc12. The molecule has 1 fully saturated rings. The minimum absolute atomic E-state index is 0.130. The molecule has 4 aromatic rings. The van der Waals surface area contributed by atoms with Crippen molar-refractivity contribution in [1.82, 2.24) is 14.8 Å². The summed E-state index contributed by atoms with van der Waals surface area (Å²) in [7, 11) is 0. The highest BCUT2D eigenvalue weighted by Gasteiger charge is 2.26. The van der Waals surface area contributed by atoms with Crippen LogP contribution in [-0.4, -0.2) is 34.5 Å². The second-order valence-corrected chi connectivity index (χ2v) is 10.1. The summed E-state index contributed by atoms with van der Waals surface area (Å²) in [5.74, 6) is 0. The number of hydrogen-bond acceptors (Lipinski definition) is 4. The molecule has 176 valence electrons. The first-order valence-electron chi connectivity index (χ1n) is 12.4. The van der Waals surface area contributed by atoms with Crippen molar-refractivity contribution in [2.24, 2.45) is 0 Å². The Kier molecular flexibility index (Phi) is 6.63. The van der Waals surface area contributed by atoms with Gasteiger partial charge in [-0.2, -0.15) is 5.26 Å². The van der Waals surface area contributed by atoms with Gasteiger partial charge in [0, 0.05) is 43.2 Å². The molecule has 0 N–H and O–H groups in total. The van der Waals surface area contributed by atoms with E-state index in [9.17, 15) is 0 Å². The smallest absolute Gasteiger partial charge is 0.0991 e. The molecule has 5 rings (SSSR count). The molecule has 0 spiro atoms. The largest absolute Gasteiger partial charge is 0.286 e. The van der Waals surface area contributed by atoms with Crippen LogP contribution in [-0.2, 0) is 18.5 Å². The summed E-state index contributed by atoms with van der Waals surface area (Å²) in [6, 6.07) is 29.9. The van der Waals surface area contributed by atoms with Gasteiger partial charge >= 0.3 is 0 Å². The van der Waals surface area contributed by atoms with E-state index in [1.54, 1.807) is 0 Å². The lowest BCUT2D eigenvalue weighted by molar-refractivity contribution is 0.0746. The van der Waals surface area contributed by atoms with E-state index in [4.69, 9.17) is 5.26 Å². The Morgan fingerprint density at radius 2 is 1.46 bits per heavy atom. The van der Waals surface area contributed by atoms with Crippen LogP contribution in [0.2, 0.25) is 0 Å². The normalized spacial score (nSPS) is 15.2. The van der Waals surface area contributed by atoms with Crippen molar-refractivity contribution in [2.45, 2.75) is 38.8 Å². The molecule has 0 bridgehead atoms. The molecule has 0 saturated carbocycles. The van der Waals surface area contributed by atoms with E-state index in [0.717, 1.165) is 43.9 Å². The molecule has 2 heterocycles. The predicted octanol–water partition coefficient (Wildman–Crippen LogP) is 6.10. The number of para-hydroxylation sites is 1. The van der Waals surface area contributed by atoms with Gasteiger partial charge < -0.3 is 0 Å². The van der Waals surface area contributed by atoms with Crippen LogP contribution in [0, 0.1) is 11.3 Å². The lowest BCUT2D eigenvalue weighted by Crippen LogP contribution is -2.43. The molecule has 0 amide bonds. The highest BCUT2D eigenvalue weighted by atomic mass is 15.3. The zero-order valence-corrected chi connectivity index (χ0v) is 20.6. The molecule has 1 saturated heterocycles. The zero-order chi connectivity index (χ0) is 24.3. The molecule has 35 heavy (non-hydrogen) atoms. The van der Waals surface area contributed by atoms with Crippen LogP contribution in [0.1, 0.15) is 48.1 Å². The lowest BCUT2D eigenvalue weighted by Gasteiger charge is -2.35. The Balaban J connectivity index is 1.26. The van der Waals surface area contributed by atoms with Crippen molar-refractivity contribution >= 4 is 10.9 Å². The molecule has 0 unspecified atom stereocenters. The molecule has 1 aromatic heterocycles. The molecule has 1 aliphatic rings. The minimum Gasteiger partial charge on any atom is -0.286 e. The third-order valence-corrected chi connectivity index (χ3v) is 7.23. The Morgan fingerprint density at radius 1 is 0.829 bits per heavy atom. The van der Waals surface area contributed by atoms with E-state index in [0.29, 0.717) is 0 Å². The standard InChI is InChI=1S/C31H32N4/c1-31(2,29-8-3-6-27-7-4-17-33-30(27)29)28-15-13-26(14-16-28)22-35-19-5-18-34(23-35)21-25-11-9-24(20-32)10-12-25/h3-4,6-17H,5,18-19,21-23H2,1-2H3. The van der Waals surface area contributed by atoms with Crippen molar-refractivity contribution in [3.63, 3.8) is 0 Å². The molecule has 1 aliphatic heterocycles. The van der Waals surface area contributed by atoms with Gasteiger partial charge in [0.1, 0.15) is 0 Å². The number of nitriles is 1. The summed E-state index contributed by atoms with van der Waals surface area (Å²) in [6.07, 6.45) is 3.06. The topological polar surface area (TPSA) is 43.2 Å². The highest BCUT2D eigenvalue weighted by molar-refractivity contribution is 5.83. The van der Waals surface area contributed by atoms with Crippen molar-refractivity contribution in [3.8, 4) is 6.07 Å². The van der Waals surface area contributed by atoms with E-state index in [1.165, 1.54) is 34.1 Å². The summed E-state index contributed by atoms with van der Waals surface area (Å²) in [6.45, 7) is 9.67. The molecular weight excluding hydrogens is 428 g/mol. The van der Waals surface area contributed by atoms with E-state index in [-0.39, 0.29) is 5.41 Å². The number of fused-ring (bicyclic) bond motifs is 1. The molecular formula is C31H32N4. The average Bonchev–Trinajstić information content (AvgIpc) is 2.89. The molecule has 4 heteroatoms. The number of pyridine rings is 1. The van der Waals surface area contributed by atoms with Crippen LogP contribution in [0.4, 0.5) is 0 Å². The first kappa shape index (κ1) is 23.2. The molecule has 0 radical (unpaired) electrons.